The smallest absolute Gasteiger partial charge is 0.337 e. The lowest BCUT2D eigenvalue weighted by Gasteiger charge is -2.15. The van der Waals surface area contributed by atoms with E-state index in [1.54, 1.807) is 32.0 Å². The second kappa shape index (κ2) is 10.9. The highest BCUT2D eigenvalue weighted by Gasteiger charge is 2.23. The maximum atomic E-state index is 12.4. The number of aryl methyl sites for hydroxylation is 8. The van der Waals surface area contributed by atoms with Crippen LogP contribution in [0.1, 0.15) is 54.9 Å². The first-order valence-corrected chi connectivity index (χ1v) is 14.3. The van der Waals surface area contributed by atoms with Gasteiger partial charge in [-0.3, -0.25) is 4.55 Å². The molecule has 2 N–H and O–H groups in total. The molecule has 41 heavy (non-hydrogen) atoms. The molecule has 0 spiro atoms. The molecule has 0 bridgehead atoms. The summed E-state index contributed by atoms with van der Waals surface area (Å²) in [5.74, 6) is -1.10. The summed E-state index contributed by atoms with van der Waals surface area (Å²) in [5, 5.41) is 28.4. The third kappa shape index (κ3) is 5.79. The van der Waals surface area contributed by atoms with Gasteiger partial charge >= 0.3 is 5.97 Å². The maximum absolute atomic E-state index is 12.4. The quantitative estimate of drug-likeness (QED) is 0.175. The molecule has 0 aliphatic carbocycles. The van der Waals surface area contributed by atoms with Crippen LogP contribution in [0, 0.1) is 55.4 Å². The van der Waals surface area contributed by atoms with Gasteiger partial charge in [0.25, 0.3) is 10.1 Å². The third-order valence-electron chi connectivity index (χ3n) is 7.46. The van der Waals surface area contributed by atoms with Gasteiger partial charge in [-0.05, 0) is 141 Å². The van der Waals surface area contributed by atoms with E-state index in [9.17, 15) is 22.9 Å². The van der Waals surface area contributed by atoms with Crippen LogP contribution in [0.5, 0.6) is 0 Å². The van der Waals surface area contributed by atoms with Crippen molar-refractivity contribution in [2.75, 3.05) is 0 Å². The molecular weight excluding hydrogens is 540 g/mol. The van der Waals surface area contributed by atoms with Crippen molar-refractivity contribution in [1.29, 1.82) is 0 Å². The summed E-state index contributed by atoms with van der Waals surface area (Å²) in [6, 6.07) is 10.3. The molecule has 0 fully saturated rings. The van der Waals surface area contributed by atoms with Crippen LogP contribution in [0.25, 0.3) is 10.8 Å². The van der Waals surface area contributed by atoms with Gasteiger partial charge in [0.1, 0.15) is 16.3 Å². The summed E-state index contributed by atoms with van der Waals surface area (Å²) in [7, 11) is -4.63. The molecule has 0 atom stereocenters. The van der Waals surface area contributed by atoms with Gasteiger partial charge in [0.15, 0.2) is 0 Å². The Morgan fingerprint density at radius 3 is 1.73 bits per heavy atom. The first-order valence-electron chi connectivity index (χ1n) is 12.9. The number of carboxylic acids is 1. The largest absolute Gasteiger partial charge is 0.478 e. The minimum Gasteiger partial charge on any atom is -0.478 e. The normalized spacial score (nSPS) is 12.2. The first kappa shape index (κ1) is 29.7. The van der Waals surface area contributed by atoms with E-state index in [4.69, 9.17) is 0 Å². The predicted octanol–water partition coefficient (Wildman–Crippen LogP) is 9.08. The molecule has 0 unspecified atom stereocenters. The summed E-state index contributed by atoms with van der Waals surface area (Å²) in [4.78, 5) is 11.5. The molecule has 0 heterocycles. The fourth-order valence-corrected chi connectivity index (χ4v) is 5.63. The number of nitrogens with zero attached hydrogens (tertiary/aromatic N) is 4. The molecule has 4 aromatic carbocycles. The highest BCUT2D eigenvalue weighted by atomic mass is 32.2. The van der Waals surface area contributed by atoms with Crippen molar-refractivity contribution in [3.63, 3.8) is 0 Å². The molecule has 0 saturated heterocycles. The number of rotatable bonds is 6. The van der Waals surface area contributed by atoms with Crippen LogP contribution in [-0.2, 0) is 10.1 Å². The Morgan fingerprint density at radius 1 is 0.610 bits per heavy atom. The fourth-order valence-electron chi connectivity index (χ4n) is 4.92. The molecule has 0 radical (unpaired) electrons. The molecular formula is C31H32N4O5S. The fraction of sp³-hybridized carbons (Fsp3) is 0.258. The van der Waals surface area contributed by atoms with Crippen LogP contribution in [-0.4, -0.2) is 24.0 Å². The molecule has 10 heteroatoms. The van der Waals surface area contributed by atoms with E-state index >= 15 is 0 Å². The number of fused-ring (bicyclic) bond motifs is 1. The van der Waals surface area contributed by atoms with Crippen molar-refractivity contribution < 1.29 is 22.9 Å². The lowest BCUT2D eigenvalue weighted by atomic mass is 9.95. The second-order valence-electron chi connectivity index (χ2n) is 10.5. The van der Waals surface area contributed by atoms with Gasteiger partial charge in [-0.15, -0.1) is 15.3 Å². The minimum atomic E-state index is -4.63. The Labute approximate surface area is 239 Å². The molecule has 4 aromatic rings. The van der Waals surface area contributed by atoms with Crippen molar-refractivity contribution >= 4 is 49.6 Å². The monoisotopic (exact) mass is 572 g/mol. The standard InChI is InChI=1S/C31H32N4O5S/c1-15-9-19(5)25(12-17(15)3)32-35-30-22(8)28-21(7)29(20(6)10-23(28)14-27(30)41(38,39)40)34-33-26-13-18(4)16(2)11-24(26)31(36)37/h9-14H,1-8H3,(H,36,37)(H,38,39,40). The zero-order valence-electron chi connectivity index (χ0n) is 24.3. The highest BCUT2D eigenvalue weighted by molar-refractivity contribution is 7.86. The van der Waals surface area contributed by atoms with E-state index in [0.29, 0.717) is 38.8 Å². The van der Waals surface area contributed by atoms with Crippen LogP contribution in [0.3, 0.4) is 0 Å². The number of benzene rings is 4. The zero-order chi connectivity index (χ0) is 30.4. The Balaban J connectivity index is 1.95. The molecule has 0 amide bonds. The van der Waals surface area contributed by atoms with E-state index in [1.165, 1.54) is 6.07 Å². The molecule has 0 aliphatic rings. The Bertz CT molecular complexity index is 1930. The van der Waals surface area contributed by atoms with Gasteiger partial charge in [0.2, 0.25) is 0 Å². The minimum absolute atomic E-state index is 0.0230. The Morgan fingerprint density at radius 2 is 1.12 bits per heavy atom. The molecule has 0 aromatic heterocycles. The predicted molar refractivity (Wildman–Crippen MR) is 160 cm³/mol. The van der Waals surface area contributed by atoms with Crippen molar-refractivity contribution in [3.05, 3.63) is 86.5 Å². The average Bonchev–Trinajstić information content (AvgIpc) is 2.86. The maximum Gasteiger partial charge on any atom is 0.337 e. The lowest BCUT2D eigenvalue weighted by molar-refractivity contribution is 0.0697. The van der Waals surface area contributed by atoms with Gasteiger partial charge in [-0.25, -0.2) is 4.79 Å². The van der Waals surface area contributed by atoms with Gasteiger partial charge in [-0.1, -0.05) is 6.07 Å². The molecule has 0 saturated carbocycles. The van der Waals surface area contributed by atoms with Crippen LogP contribution in [0.15, 0.2) is 61.8 Å². The zero-order valence-corrected chi connectivity index (χ0v) is 25.1. The van der Waals surface area contributed by atoms with Crippen LogP contribution >= 0.6 is 0 Å². The van der Waals surface area contributed by atoms with Crippen molar-refractivity contribution in [3.8, 4) is 0 Å². The molecule has 0 aliphatic heterocycles. The Hall–Kier alpha value is -4.28. The SMILES string of the molecule is Cc1cc(C)c(N=Nc2c(S(=O)(=O)O)cc3cc(C)c(N=Nc4cc(C)c(C)cc4C(=O)O)c(C)c3c2C)cc1C. The van der Waals surface area contributed by atoms with Crippen LogP contribution < -0.4 is 0 Å². The summed E-state index contributed by atoms with van der Waals surface area (Å²) >= 11 is 0. The van der Waals surface area contributed by atoms with Gasteiger partial charge in [0, 0.05) is 0 Å². The van der Waals surface area contributed by atoms with Crippen LogP contribution in [0.4, 0.5) is 22.7 Å². The second-order valence-corrected chi connectivity index (χ2v) is 11.9. The van der Waals surface area contributed by atoms with E-state index < -0.39 is 16.1 Å². The summed E-state index contributed by atoms with van der Waals surface area (Å²) in [5.41, 5.74) is 8.02. The van der Waals surface area contributed by atoms with Gasteiger partial charge in [-0.2, -0.15) is 13.5 Å². The van der Waals surface area contributed by atoms with E-state index in [1.807, 2.05) is 53.7 Å². The topological polar surface area (TPSA) is 141 Å². The first-order chi connectivity index (χ1) is 19.1. The summed E-state index contributed by atoms with van der Waals surface area (Å²) in [6.07, 6.45) is 0. The van der Waals surface area contributed by atoms with Crippen LogP contribution in [0.2, 0.25) is 0 Å². The number of aromatic carboxylic acids is 1. The molecule has 9 nitrogen and oxygen atoms in total. The number of hydrogen-bond donors (Lipinski definition) is 2. The number of hydrogen-bond acceptors (Lipinski definition) is 7. The number of carbonyl (C=O) groups is 1. The van der Waals surface area contributed by atoms with E-state index in [0.717, 1.165) is 27.8 Å². The number of azo groups is 2. The summed E-state index contributed by atoms with van der Waals surface area (Å²) in [6.45, 7) is 14.9. The molecule has 4 rings (SSSR count). The lowest BCUT2D eigenvalue weighted by Crippen LogP contribution is -2.01. The average molecular weight is 573 g/mol. The highest BCUT2D eigenvalue weighted by Crippen LogP contribution is 2.42. The summed E-state index contributed by atoms with van der Waals surface area (Å²) < 4.78 is 35.0. The Kier molecular flexibility index (Phi) is 7.93. The van der Waals surface area contributed by atoms with Crippen molar-refractivity contribution in [1.82, 2.24) is 0 Å². The van der Waals surface area contributed by atoms with Gasteiger partial charge in [0.05, 0.1) is 16.9 Å². The third-order valence-corrected chi connectivity index (χ3v) is 8.33. The van der Waals surface area contributed by atoms with E-state index in [-0.39, 0.29) is 21.8 Å². The van der Waals surface area contributed by atoms with E-state index in [2.05, 4.69) is 20.5 Å². The van der Waals surface area contributed by atoms with Crippen molar-refractivity contribution in [2.24, 2.45) is 20.5 Å². The van der Waals surface area contributed by atoms with Crippen molar-refractivity contribution in [2.45, 2.75) is 60.3 Å². The number of carboxylic acid groups (broad SMARTS) is 1. The molecule has 212 valence electrons. The van der Waals surface area contributed by atoms with Gasteiger partial charge < -0.3 is 5.11 Å².